The van der Waals surface area contributed by atoms with Crippen molar-refractivity contribution in [2.75, 3.05) is 12.4 Å². The average molecular weight is 343 g/mol. The molecular formula is C15H16F3N3O3. The lowest BCUT2D eigenvalue weighted by molar-refractivity contribution is -0.384. The molecule has 1 heterocycles. The number of ether oxygens (including phenoxy) is 1. The van der Waals surface area contributed by atoms with Crippen LogP contribution in [0.25, 0.3) is 0 Å². The first kappa shape index (κ1) is 19.2. The lowest BCUT2D eigenvalue weighted by atomic mass is 10.1. The van der Waals surface area contributed by atoms with Crippen LogP contribution in [-0.2, 0) is 6.18 Å². The molecule has 0 atom stereocenters. The molecule has 0 fully saturated rings. The van der Waals surface area contributed by atoms with E-state index in [9.17, 15) is 23.3 Å². The molecule has 1 aromatic heterocycles. The standard InChI is InChI=1S/C13H10F3N3O3.C2H6/c1-22-12-5-3-9(7-17-12)18-10-4-2-8(13(14,15)16)6-11(10)19(20)21;1-2/h2-7,18H,1H3;1-2H3. The Kier molecular flexibility index (Phi) is 6.51. The molecule has 0 aliphatic rings. The molecule has 24 heavy (non-hydrogen) atoms. The van der Waals surface area contributed by atoms with Crippen molar-refractivity contribution in [1.29, 1.82) is 0 Å². The molecule has 0 bridgehead atoms. The maximum atomic E-state index is 12.6. The van der Waals surface area contributed by atoms with Gasteiger partial charge in [0.25, 0.3) is 5.69 Å². The molecule has 0 aliphatic carbocycles. The summed E-state index contributed by atoms with van der Waals surface area (Å²) in [4.78, 5) is 14.0. The van der Waals surface area contributed by atoms with Crippen LogP contribution in [0.1, 0.15) is 19.4 Å². The molecular weight excluding hydrogens is 327 g/mol. The third kappa shape index (κ3) is 4.83. The van der Waals surface area contributed by atoms with Crippen molar-refractivity contribution in [1.82, 2.24) is 4.98 Å². The molecule has 1 aromatic carbocycles. The van der Waals surface area contributed by atoms with E-state index in [4.69, 9.17) is 4.74 Å². The van der Waals surface area contributed by atoms with Gasteiger partial charge < -0.3 is 10.1 Å². The number of anilines is 2. The first-order valence-electron chi connectivity index (χ1n) is 6.94. The Morgan fingerprint density at radius 3 is 2.33 bits per heavy atom. The van der Waals surface area contributed by atoms with E-state index in [-0.39, 0.29) is 5.69 Å². The second-order valence-electron chi connectivity index (χ2n) is 4.20. The number of aromatic nitrogens is 1. The predicted molar refractivity (Wildman–Crippen MR) is 83.5 cm³/mol. The normalized spacial score (nSPS) is 10.4. The zero-order chi connectivity index (χ0) is 18.3. The highest BCUT2D eigenvalue weighted by Gasteiger charge is 2.33. The van der Waals surface area contributed by atoms with E-state index < -0.39 is 22.4 Å². The van der Waals surface area contributed by atoms with Crippen LogP contribution in [0.5, 0.6) is 5.88 Å². The molecule has 0 saturated heterocycles. The van der Waals surface area contributed by atoms with Gasteiger partial charge in [0, 0.05) is 12.1 Å². The molecule has 0 saturated carbocycles. The Bertz CT molecular complexity index is 689. The topological polar surface area (TPSA) is 77.3 Å². The molecule has 0 amide bonds. The van der Waals surface area contributed by atoms with Gasteiger partial charge in [-0.15, -0.1) is 0 Å². The first-order valence-corrected chi connectivity index (χ1v) is 6.94. The number of nitro groups is 1. The largest absolute Gasteiger partial charge is 0.481 e. The van der Waals surface area contributed by atoms with E-state index in [0.29, 0.717) is 17.6 Å². The van der Waals surface area contributed by atoms with Crippen LogP contribution in [0.2, 0.25) is 0 Å². The van der Waals surface area contributed by atoms with E-state index in [1.165, 1.54) is 25.4 Å². The van der Waals surface area contributed by atoms with E-state index in [1.54, 1.807) is 0 Å². The van der Waals surface area contributed by atoms with Crippen LogP contribution >= 0.6 is 0 Å². The molecule has 0 spiro atoms. The quantitative estimate of drug-likeness (QED) is 0.638. The van der Waals surface area contributed by atoms with Crippen molar-refractivity contribution in [3.63, 3.8) is 0 Å². The summed E-state index contributed by atoms with van der Waals surface area (Å²) in [7, 11) is 1.43. The summed E-state index contributed by atoms with van der Waals surface area (Å²) in [6, 6.07) is 5.31. The maximum absolute atomic E-state index is 12.6. The molecule has 9 heteroatoms. The van der Waals surface area contributed by atoms with Crippen molar-refractivity contribution in [2.24, 2.45) is 0 Å². The molecule has 6 nitrogen and oxygen atoms in total. The minimum atomic E-state index is -4.65. The Morgan fingerprint density at radius 1 is 1.21 bits per heavy atom. The zero-order valence-corrected chi connectivity index (χ0v) is 13.2. The molecule has 2 rings (SSSR count). The number of nitrogens with zero attached hydrogens (tertiary/aromatic N) is 2. The third-order valence-electron chi connectivity index (χ3n) is 2.75. The summed E-state index contributed by atoms with van der Waals surface area (Å²) >= 11 is 0. The molecule has 2 aromatic rings. The van der Waals surface area contributed by atoms with Gasteiger partial charge in [-0.05, 0) is 18.2 Å². The Hall–Kier alpha value is -2.84. The second kappa shape index (κ2) is 8.14. The van der Waals surface area contributed by atoms with Crippen molar-refractivity contribution < 1.29 is 22.8 Å². The number of nitro benzene ring substituents is 1. The van der Waals surface area contributed by atoms with Gasteiger partial charge in [0.2, 0.25) is 5.88 Å². The van der Waals surface area contributed by atoms with Gasteiger partial charge >= 0.3 is 6.18 Å². The van der Waals surface area contributed by atoms with E-state index in [2.05, 4.69) is 10.3 Å². The highest BCUT2D eigenvalue weighted by atomic mass is 19.4. The lowest BCUT2D eigenvalue weighted by Crippen LogP contribution is -2.06. The summed E-state index contributed by atoms with van der Waals surface area (Å²) in [6.45, 7) is 4.00. The minimum absolute atomic E-state index is 0.0648. The fraction of sp³-hybridized carbons (Fsp3) is 0.267. The summed E-state index contributed by atoms with van der Waals surface area (Å²) < 4.78 is 42.7. The number of halogens is 3. The monoisotopic (exact) mass is 343 g/mol. The van der Waals surface area contributed by atoms with Gasteiger partial charge in [0.1, 0.15) is 5.69 Å². The van der Waals surface area contributed by atoms with Crippen LogP contribution in [0.15, 0.2) is 36.5 Å². The lowest BCUT2D eigenvalue weighted by Gasteiger charge is -2.10. The Labute approximate surface area is 136 Å². The average Bonchev–Trinajstić information content (AvgIpc) is 2.56. The van der Waals surface area contributed by atoms with E-state index in [0.717, 1.165) is 12.1 Å². The minimum Gasteiger partial charge on any atom is -0.481 e. The molecule has 0 radical (unpaired) electrons. The highest BCUT2D eigenvalue weighted by Crippen LogP contribution is 2.36. The summed E-state index contributed by atoms with van der Waals surface area (Å²) in [5.74, 6) is 0.340. The van der Waals surface area contributed by atoms with Crippen LogP contribution in [0.3, 0.4) is 0 Å². The number of rotatable bonds is 4. The Balaban J connectivity index is 0.00000139. The first-order chi connectivity index (χ1) is 11.3. The summed E-state index contributed by atoms with van der Waals surface area (Å²) in [6.07, 6.45) is -3.30. The molecule has 1 N–H and O–H groups in total. The maximum Gasteiger partial charge on any atom is 0.416 e. The van der Waals surface area contributed by atoms with Gasteiger partial charge in [-0.25, -0.2) is 4.98 Å². The summed E-state index contributed by atoms with van der Waals surface area (Å²) in [5.41, 5.74) is -1.45. The predicted octanol–water partition coefficient (Wildman–Crippen LogP) is 4.79. The van der Waals surface area contributed by atoms with Crippen LogP contribution in [-0.4, -0.2) is 17.0 Å². The van der Waals surface area contributed by atoms with Crippen LogP contribution in [0, 0.1) is 10.1 Å². The van der Waals surface area contributed by atoms with Gasteiger partial charge in [0.05, 0.1) is 29.5 Å². The smallest absolute Gasteiger partial charge is 0.416 e. The number of hydrogen-bond acceptors (Lipinski definition) is 5. The number of nitrogens with one attached hydrogen (secondary N) is 1. The fourth-order valence-electron chi connectivity index (χ4n) is 1.70. The van der Waals surface area contributed by atoms with Crippen molar-refractivity contribution in [3.05, 3.63) is 52.2 Å². The van der Waals surface area contributed by atoms with Gasteiger partial charge in [0.15, 0.2) is 0 Å². The number of hydrogen-bond donors (Lipinski definition) is 1. The second-order valence-corrected chi connectivity index (χ2v) is 4.20. The van der Waals surface area contributed by atoms with Gasteiger partial charge in [-0.2, -0.15) is 13.2 Å². The summed E-state index contributed by atoms with van der Waals surface area (Å²) in [5, 5.41) is 13.6. The van der Waals surface area contributed by atoms with Crippen LogP contribution in [0.4, 0.5) is 30.2 Å². The van der Waals surface area contributed by atoms with Crippen molar-refractivity contribution in [3.8, 4) is 5.88 Å². The van der Waals surface area contributed by atoms with Crippen molar-refractivity contribution >= 4 is 17.1 Å². The van der Waals surface area contributed by atoms with E-state index >= 15 is 0 Å². The van der Waals surface area contributed by atoms with Gasteiger partial charge in [-0.3, -0.25) is 10.1 Å². The van der Waals surface area contributed by atoms with E-state index in [1.807, 2.05) is 13.8 Å². The van der Waals surface area contributed by atoms with Crippen LogP contribution < -0.4 is 10.1 Å². The molecule has 0 unspecified atom stereocenters. The zero-order valence-electron chi connectivity index (χ0n) is 13.2. The Morgan fingerprint density at radius 2 is 1.88 bits per heavy atom. The number of methoxy groups -OCH3 is 1. The van der Waals surface area contributed by atoms with Gasteiger partial charge in [-0.1, -0.05) is 13.8 Å². The third-order valence-corrected chi connectivity index (χ3v) is 2.75. The molecule has 0 aliphatic heterocycles. The number of benzene rings is 1. The molecule has 130 valence electrons. The SMILES string of the molecule is CC.COc1ccc(Nc2ccc(C(F)(F)F)cc2[N+](=O)[O-])cn1. The highest BCUT2D eigenvalue weighted by molar-refractivity contribution is 5.70. The number of pyridine rings is 1. The fourth-order valence-corrected chi connectivity index (χ4v) is 1.70. The van der Waals surface area contributed by atoms with Crippen molar-refractivity contribution in [2.45, 2.75) is 20.0 Å². The number of alkyl halides is 3.